The van der Waals surface area contributed by atoms with E-state index in [1.807, 2.05) is 18.4 Å². The van der Waals surface area contributed by atoms with Gasteiger partial charge in [-0.3, -0.25) is 9.89 Å². The third kappa shape index (κ3) is 6.68. The molecule has 0 saturated carbocycles. The molecule has 1 fully saturated rings. The molecule has 0 bridgehead atoms. The van der Waals surface area contributed by atoms with Gasteiger partial charge in [-0.25, -0.2) is 0 Å². The van der Waals surface area contributed by atoms with Crippen molar-refractivity contribution >= 4 is 5.96 Å². The van der Waals surface area contributed by atoms with Crippen molar-refractivity contribution in [2.75, 3.05) is 26.2 Å². The van der Waals surface area contributed by atoms with Gasteiger partial charge in [-0.1, -0.05) is 19.1 Å². The van der Waals surface area contributed by atoms with Crippen LogP contribution in [0.4, 0.5) is 13.2 Å². The molecule has 2 heterocycles. The fraction of sp³-hybridized carbons (Fsp3) is 0.571. The van der Waals surface area contributed by atoms with Crippen molar-refractivity contribution in [3.05, 3.63) is 47.5 Å². The summed E-state index contributed by atoms with van der Waals surface area (Å²) in [7, 11) is 0. The zero-order valence-electron chi connectivity index (χ0n) is 18.0. The number of hydrogen-bond donors (Lipinski definition) is 2. The van der Waals surface area contributed by atoms with Crippen LogP contribution in [-0.4, -0.2) is 57.8 Å². The van der Waals surface area contributed by atoms with Gasteiger partial charge >= 0.3 is 6.18 Å². The molecule has 10 heteroatoms. The van der Waals surface area contributed by atoms with Gasteiger partial charge in [0.25, 0.3) is 0 Å². The van der Waals surface area contributed by atoms with Gasteiger partial charge in [0.2, 0.25) is 0 Å². The minimum absolute atomic E-state index is 0.244. The lowest BCUT2D eigenvalue weighted by Gasteiger charge is -2.19. The lowest BCUT2D eigenvalue weighted by atomic mass is 10.1. The van der Waals surface area contributed by atoms with Crippen molar-refractivity contribution in [3.63, 3.8) is 0 Å². The molecule has 31 heavy (non-hydrogen) atoms. The number of nitrogens with zero attached hydrogens (tertiary/aromatic N) is 5. The first-order valence-corrected chi connectivity index (χ1v) is 10.7. The Balaban J connectivity index is 1.49. The predicted molar refractivity (Wildman–Crippen MR) is 114 cm³/mol. The SMILES string of the molecule is CCNC(=NCCn1cnnc1CC)NC1CCN(Cc2ccc(C(F)(F)F)cc2)C1. The molecule has 7 nitrogen and oxygen atoms in total. The van der Waals surface area contributed by atoms with Gasteiger partial charge in [0.05, 0.1) is 12.1 Å². The molecular formula is C21H30F3N7. The second kappa shape index (κ2) is 10.6. The number of alkyl halides is 3. The highest BCUT2D eigenvalue weighted by atomic mass is 19.4. The van der Waals surface area contributed by atoms with Crippen molar-refractivity contribution in [3.8, 4) is 0 Å². The number of hydrogen-bond acceptors (Lipinski definition) is 4. The maximum absolute atomic E-state index is 12.7. The van der Waals surface area contributed by atoms with E-state index >= 15 is 0 Å². The van der Waals surface area contributed by atoms with Crippen molar-refractivity contribution in [1.82, 2.24) is 30.3 Å². The van der Waals surface area contributed by atoms with Crippen LogP contribution in [0.25, 0.3) is 0 Å². The second-order valence-electron chi connectivity index (χ2n) is 7.61. The molecule has 1 aromatic heterocycles. The van der Waals surface area contributed by atoms with E-state index in [1.54, 1.807) is 18.5 Å². The van der Waals surface area contributed by atoms with Crippen molar-refractivity contribution in [1.29, 1.82) is 0 Å². The monoisotopic (exact) mass is 437 g/mol. The minimum atomic E-state index is -4.30. The molecule has 1 saturated heterocycles. The first-order chi connectivity index (χ1) is 14.9. The average Bonchev–Trinajstić information content (AvgIpc) is 3.37. The Bertz CT molecular complexity index is 845. The molecule has 3 rings (SSSR count). The summed E-state index contributed by atoms with van der Waals surface area (Å²) in [6.45, 7) is 8.51. The lowest BCUT2D eigenvalue weighted by Crippen LogP contribution is -2.44. The quantitative estimate of drug-likeness (QED) is 0.491. The van der Waals surface area contributed by atoms with Gasteiger partial charge in [0.1, 0.15) is 12.2 Å². The van der Waals surface area contributed by atoms with E-state index < -0.39 is 11.7 Å². The van der Waals surface area contributed by atoms with Gasteiger partial charge in [-0.2, -0.15) is 13.2 Å². The Kier molecular flexibility index (Phi) is 7.89. The Hall–Kier alpha value is -2.62. The summed E-state index contributed by atoms with van der Waals surface area (Å²) in [5, 5.41) is 14.8. The van der Waals surface area contributed by atoms with E-state index in [0.29, 0.717) is 13.1 Å². The molecule has 0 radical (unpaired) electrons. The van der Waals surface area contributed by atoms with E-state index in [0.717, 1.165) is 68.5 Å². The Morgan fingerprint density at radius 1 is 1.23 bits per heavy atom. The fourth-order valence-electron chi connectivity index (χ4n) is 3.67. The molecule has 1 unspecified atom stereocenters. The first kappa shape index (κ1) is 23.1. The van der Waals surface area contributed by atoms with E-state index in [9.17, 15) is 13.2 Å². The molecule has 170 valence electrons. The third-order valence-corrected chi connectivity index (χ3v) is 5.27. The summed E-state index contributed by atoms with van der Waals surface area (Å²) in [5.74, 6) is 1.72. The van der Waals surface area contributed by atoms with Crippen LogP contribution in [0.2, 0.25) is 0 Å². The number of aromatic nitrogens is 3. The maximum atomic E-state index is 12.7. The number of guanidine groups is 1. The van der Waals surface area contributed by atoms with Crippen LogP contribution < -0.4 is 10.6 Å². The van der Waals surface area contributed by atoms with Crippen LogP contribution in [0.1, 0.15) is 37.2 Å². The number of nitrogens with one attached hydrogen (secondary N) is 2. The van der Waals surface area contributed by atoms with Gasteiger partial charge in [0, 0.05) is 45.2 Å². The number of halogens is 3. The van der Waals surface area contributed by atoms with Crippen LogP contribution >= 0.6 is 0 Å². The van der Waals surface area contributed by atoms with Crippen LogP contribution in [0.3, 0.4) is 0 Å². The molecule has 1 atom stereocenters. The summed E-state index contributed by atoms with van der Waals surface area (Å²) >= 11 is 0. The number of rotatable bonds is 8. The fourth-order valence-corrected chi connectivity index (χ4v) is 3.67. The van der Waals surface area contributed by atoms with Crippen LogP contribution in [-0.2, 0) is 25.7 Å². The van der Waals surface area contributed by atoms with E-state index in [-0.39, 0.29) is 6.04 Å². The molecule has 1 aliphatic heterocycles. The van der Waals surface area contributed by atoms with Crippen LogP contribution in [0.15, 0.2) is 35.6 Å². The summed E-state index contributed by atoms with van der Waals surface area (Å²) < 4.78 is 40.2. The zero-order valence-corrected chi connectivity index (χ0v) is 18.0. The molecule has 1 aliphatic rings. The third-order valence-electron chi connectivity index (χ3n) is 5.27. The predicted octanol–water partition coefficient (Wildman–Crippen LogP) is 2.69. The van der Waals surface area contributed by atoms with Crippen LogP contribution in [0, 0.1) is 0 Å². The van der Waals surface area contributed by atoms with Crippen molar-refractivity contribution < 1.29 is 13.2 Å². The highest BCUT2D eigenvalue weighted by Gasteiger charge is 2.30. The molecular weight excluding hydrogens is 407 g/mol. The van der Waals surface area contributed by atoms with Gasteiger partial charge in [-0.15, -0.1) is 10.2 Å². The summed E-state index contributed by atoms with van der Waals surface area (Å²) in [4.78, 5) is 6.91. The van der Waals surface area contributed by atoms with Gasteiger partial charge in [0.15, 0.2) is 5.96 Å². The summed E-state index contributed by atoms with van der Waals surface area (Å²) in [6, 6.07) is 5.66. The topological polar surface area (TPSA) is 70.4 Å². The number of benzene rings is 1. The van der Waals surface area contributed by atoms with Gasteiger partial charge in [-0.05, 0) is 31.0 Å². The summed E-state index contributed by atoms with van der Waals surface area (Å²) in [6.07, 6.45) is -0.782. The Labute approximate surface area is 180 Å². The smallest absolute Gasteiger partial charge is 0.357 e. The molecule has 0 amide bonds. The standard InChI is InChI=1S/C21H30F3N7/c1-3-19-29-27-15-31(19)12-10-26-20(25-4-2)28-18-9-11-30(14-18)13-16-5-7-17(8-6-16)21(22,23)24/h5-8,15,18H,3-4,9-14H2,1-2H3,(H2,25,26,28). The normalized spacial score (nSPS) is 17.8. The van der Waals surface area contributed by atoms with Crippen LogP contribution in [0.5, 0.6) is 0 Å². The number of likely N-dealkylation sites (tertiary alicyclic amines) is 1. The second-order valence-corrected chi connectivity index (χ2v) is 7.61. The zero-order chi connectivity index (χ0) is 22.3. The van der Waals surface area contributed by atoms with Gasteiger partial charge < -0.3 is 15.2 Å². The van der Waals surface area contributed by atoms with E-state index in [4.69, 9.17) is 0 Å². The molecule has 1 aromatic carbocycles. The highest BCUT2D eigenvalue weighted by molar-refractivity contribution is 5.80. The minimum Gasteiger partial charge on any atom is -0.357 e. The molecule has 2 N–H and O–H groups in total. The lowest BCUT2D eigenvalue weighted by molar-refractivity contribution is -0.137. The van der Waals surface area contributed by atoms with Crippen molar-refractivity contribution in [2.24, 2.45) is 4.99 Å². The van der Waals surface area contributed by atoms with E-state index in [2.05, 4.69) is 30.7 Å². The molecule has 0 spiro atoms. The highest BCUT2D eigenvalue weighted by Crippen LogP contribution is 2.29. The largest absolute Gasteiger partial charge is 0.416 e. The van der Waals surface area contributed by atoms with E-state index in [1.165, 1.54) is 0 Å². The first-order valence-electron chi connectivity index (χ1n) is 10.7. The Morgan fingerprint density at radius 2 is 2.00 bits per heavy atom. The summed E-state index contributed by atoms with van der Waals surface area (Å²) in [5.41, 5.74) is 0.274. The Morgan fingerprint density at radius 3 is 2.68 bits per heavy atom. The maximum Gasteiger partial charge on any atom is 0.416 e. The number of aryl methyl sites for hydroxylation is 1. The average molecular weight is 438 g/mol. The van der Waals surface area contributed by atoms with Crippen molar-refractivity contribution in [2.45, 2.75) is 52.0 Å². The molecule has 2 aromatic rings. The molecule has 0 aliphatic carbocycles. The number of aliphatic imine (C=N–C) groups is 1.